The van der Waals surface area contributed by atoms with Gasteiger partial charge < -0.3 is 0 Å². The molecule has 0 amide bonds. The lowest BCUT2D eigenvalue weighted by atomic mass is 9.94. The minimum absolute atomic E-state index is 1.67. The van der Waals surface area contributed by atoms with Gasteiger partial charge in [-0.1, -0.05) is 0 Å². The van der Waals surface area contributed by atoms with Crippen molar-refractivity contribution < 1.29 is 43.9 Å². The van der Waals surface area contributed by atoms with E-state index in [9.17, 15) is 43.9 Å². The average molecular weight is 350 g/mol. The van der Waals surface area contributed by atoms with Gasteiger partial charge in [-0.05, 0) is 0 Å². The summed E-state index contributed by atoms with van der Waals surface area (Å²) in [6.45, 7) is 0. The fourth-order valence-electron chi connectivity index (χ4n) is 1.94. The zero-order chi connectivity index (χ0) is 17.6. The molecule has 0 radical (unpaired) electrons. The summed E-state index contributed by atoms with van der Waals surface area (Å²) in [6.07, 6.45) is -8.31. The first-order valence-electron chi connectivity index (χ1n) is 5.82. The molecule has 23 heavy (non-hydrogen) atoms. The molecule has 1 aromatic carbocycles. The maximum absolute atomic E-state index is 13.5. The molecule has 0 N–H and O–H groups in total. The van der Waals surface area contributed by atoms with Gasteiger partial charge in [-0.15, -0.1) is 0 Å². The van der Waals surface area contributed by atoms with E-state index in [0.29, 0.717) is 0 Å². The van der Waals surface area contributed by atoms with Crippen molar-refractivity contribution in [3.05, 3.63) is 57.7 Å². The van der Waals surface area contributed by atoms with Crippen molar-refractivity contribution in [1.29, 1.82) is 0 Å². The molecule has 0 saturated carbocycles. The Bertz CT molecular complexity index is 704. The Morgan fingerprint density at radius 2 is 0.957 bits per heavy atom. The van der Waals surface area contributed by atoms with Gasteiger partial charge in [0.25, 0.3) is 0 Å². The quantitative estimate of drug-likeness (QED) is 0.401. The van der Waals surface area contributed by atoms with Crippen molar-refractivity contribution in [3.8, 4) is 0 Å². The second-order valence-electron chi connectivity index (χ2n) is 4.52. The van der Waals surface area contributed by atoms with Gasteiger partial charge in [0.05, 0.1) is 0 Å². The number of allylic oxidation sites excluding steroid dienone is 4. The third-order valence-electron chi connectivity index (χ3n) is 3.16. The van der Waals surface area contributed by atoms with Gasteiger partial charge in [-0.3, -0.25) is 0 Å². The van der Waals surface area contributed by atoms with Crippen LogP contribution in [0, 0.1) is 29.1 Å². The van der Waals surface area contributed by atoms with Crippen LogP contribution < -0.4 is 0 Å². The highest BCUT2D eigenvalue weighted by atomic mass is 19.2. The van der Waals surface area contributed by atoms with Gasteiger partial charge in [-0.2, -0.15) is 0 Å². The summed E-state index contributed by atoms with van der Waals surface area (Å²) >= 11 is 0. The van der Waals surface area contributed by atoms with Gasteiger partial charge in [-0.25, -0.2) is 43.9 Å². The van der Waals surface area contributed by atoms with Crippen LogP contribution in [0.25, 0.3) is 0 Å². The molecule has 1 aromatic rings. The van der Waals surface area contributed by atoms with E-state index in [0.717, 1.165) is 0 Å². The van der Waals surface area contributed by atoms with Crippen molar-refractivity contribution in [2.75, 3.05) is 0 Å². The van der Waals surface area contributed by atoms with E-state index in [4.69, 9.17) is 0 Å². The van der Waals surface area contributed by atoms with E-state index in [-0.39, 0.29) is 0 Å². The molecule has 0 aromatic heterocycles. The SMILES string of the molecule is FC1=C(F)C(F)C(F)C(F)=C1Cc1c(F)c(F)c(F)c(F)c1F. The molecule has 2 atom stereocenters. The maximum Gasteiger partial charge on any atom is 0.200 e. The fraction of sp³-hybridized carbons (Fsp3) is 0.231. The van der Waals surface area contributed by atoms with Crippen molar-refractivity contribution in [3.63, 3.8) is 0 Å². The van der Waals surface area contributed by atoms with Crippen molar-refractivity contribution >= 4 is 0 Å². The summed E-state index contributed by atoms with van der Waals surface area (Å²) in [5, 5.41) is 0. The van der Waals surface area contributed by atoms with Crippen LogP contribution in [0.3, 0.4) is 0 Å². The number of benzene rings is 1. The Hall–Kier alpha value is -2.00. The molecule has 0 heterocycles. The molecule has 1 aliphatic rings. The molecule has 2 unspecified atom stereocenters. The van der Waals surface area contributed by atoms with Crippen LogP contribution >= 0.6 is 0 Å². The number of alkyl halides is 2. The number of hydrogen-bond acceptors (Lipinski definition) is 0. The molecule has 0 nitrogen and oxygen atoms in total. The van der Waals surface area contributed by atoms with Crippen LogP contribution in [-0.2, 0) is 6.42 Å². The van der Waals surface area contributed by atoms with Crippen molar-refractivity contribution in [2.45, 2.75) is 18.8 Å². The van der Waals surface area contributed by atoms with Crippen LogP contribution in [0.5, 0.6) is 0 Å². The van der Waals surface area contributed by atoms with Crippen LogP contribution in [0.15, 0.2) is 23.1 Å². The van der Waals surface area contributed by atoms with Crippen molar-refractivity contribution in [2.24, 2.45) is 0 Å². The highest BCUT2D eigenvalue weighted by Crippen LogP contribution is 2.39. The Balaban J connectivity index is 2.60. The molecule has 0 aliphatic heterocycles. The monoisotopic (exact) mass is 350 g/mol. The molecule has 2 rings (SSSR count). The number of hydrogen-bond donors (Lipinski definition) is 0. The summed E-state index contributed by atoms with van der Waals surface area (Å²) in [6, 6.07) is 0. The summed E-state index contributed by atoms with van der Waals surface area (Å²) in [4.78, 5) is 0. The number of halogens is 10. The van der Waals surface area contributed by atoms with Crippen LogP contribution in [0.4, 0.5) is 43.9 Å². The Labute approximate surface area is 121 Å². The molecule has 0 saturated heterocycles. The fourth-order valence-corrected chi connectivity index (χ4v) is 1.94. The van der Waals surface area contributed by atoms with Gasteiger partial charge in [0.1, 0.15) is 5.83 Å². The minimum Gasteiger partial charge on any atom is -0.236 e. The summed E-state index contributed by atoms with van der Waals surface area (Å²) in [7, 11) is 0. The highest BCUT2D eigenvalue weighted by Gasteiger charge is 2.40. The zero-order valence-electron chi connectivity index (χ0n) is 10.6. The van der Waals surface area contributed by atoms with Gasteiger partial charge in [0.15, 0.2) is 47.3 Å². The first-order chi connectivity index (χ1) is 10.6. The third-order valence-corrected chi connectivity index (χ3v) is 3.16. The summed E-state index contributed by atoms with van der Waals surface area (Å²) in [5.41, 5.74) is -3.38. The smallest absolute Gasteiger partial charge is 0.200 e. The lowest BCUT2D eigenvalue weighted by molar-refractivity contribution is 0.164. The van der Waals surface area contributed by atoms with Gasteiger partial charge in [0, 0.05) is 17.6 Å². The summed E-state index contributed by atoms with van der Waals surface area (Å²) in [5.74, 6) is -19.1. The molecule has 126 valence electrons. The zero-order valence-corrected chi connectivity index (χ0v) is 10.6. The second-order valence-corrected chi connectivity index (χ2v) is 4.52. The van der Waals surface area contributed by atoms with Gasteiger partial charge >= 0.3 is 0 Å². The Kier molecular flexibility index (Phi) is 4.45. The number of rotatable bonds is 2. The maximum atomic E-state index is 13.5. The lowest BCUT2D eigenvalue weighted by Gasteiger charge is -2.20. The van der Waals surface area contributed by atoms with Crippen LogP contribution in [0.2, 0.25) is 0 Å². The third kappa shape index (κ3) is 2.59. The van der Waals surface area contributed by atoms with E-state index < -0.39 is 76.5 Å². The average Bonchev–Trinajstić information content (AvgIpc) is 2.54. The molecule has 0 spiro atoms. The minimum atomic E-state index is -3.31. The molecule has 0 bridgehead atoms. The second kappa shape index (κ2) is 5.89. The standard InChI is InChI=1S/C13H4F10/c14-4-2(5(15)9(19)12(22)8(4)18)1-3-6(16)10(20)13(23)11(21)7(3)17/h8,12H,1H2. The Morgan fingerprint density at radius 3 is 1.43 bits per heavy atom. The van der Waals surface area contributed by atoms with E-state index in [2.05, 4.69) is 0 Å². The highest BCUT2D eigenvalue weighted by molar-refractivity contribution is 5.43. The topological polar surface area (TPSA) is 0 Å². The predicted octanol–water partition coefficient (Wildman–Crippen LogP) is 4.99. The summed E-state index contributed by atoms with van der Waals surface area (Å²) < 4.78 is 132. The van der Waals surface area contributed by atoms with Crippen molar-refractivity contribution in [1.82, 2.24) is 0 Å². The largest absolute Gasteiger partial charge is 0.236 e. The first kappa shape index (κ1) is 17.4. The first-order valence-corrected chi connectivity index (χ1v) is 5.82. The molecular weight excluding hydrogens is 346 g/mol. The molecule has 10 heteroatoms. The van der Waals surface area contributed by atoms with E-state index in [1.165, 1.54) is 0 Å². The Morgan fingerprint density at radius 1 is 0.565 bits per heavy atom. The lowest BCUT2D eigenvalue weighted by Crippen LogP contribution is -2.26. The van der Waals surface area contributed by atoms with Crippen LogP contribution in [0.1, 0.15) is 5.56 Å². The van der Waals surface area contributed by atoms with E-state index in [1.54, 1.807) is 0 Å². The molecule has 1 aliphatic carbocycles. The van der Waals surface area contributed by atoms with E-state index >= 15 is 0 Å². The van der Waals surface area contributed by atoms with Crippen LogP contribution in [-0.4, -0.2) is 12.3 Å². The predicted molar refractivity (Wildman–Crippen MR) is 57.1 cm³/mol. The normalized spacial score (nSPS) is 22.2. The van der Waals surface area contributed by atoms with Gasteiger partial charge in [0.2, 0.25) is 5.82 Å². The molecular formula is C13H4F10. The molecule has 0 fully saturated rings. The van der Waals surface area contributed by atoms with E-state index in [1.807, 2.05) is 0 Å².